The predicted octanol–water partition coefficient (Wildman–Crippen LogP) is 4.09. The molecule has 0 saturated carbocycles. The fourth-order valence-corrected chi connectivity index (χ4v) is 4.20. The lowest BCUT2D eigenvalue weighted by molar-refractivity contribution is -0.138. The smallest absolute Gasteiger partial charge is 0.384 e. The Balaban J connectivity index is 1.76. The minimum absolute atomic E-state index is 0.0472. The first-order valence-electron chi connectivity index (χ1n) is 10.1. The number of nitrogens with two attached hydrogens (primary N) is 1. The van der Waals surface area contributed by atoms with Crippen LogP contribution in [0.25, 0.3) is 22.2 Å². The molecule has 3 aromatic rings. The Labute approximate surface area is 192 Å². The molecular weight excluding hydrogens is 457 g/mol. The fraction of sp³-hybridized carbons (Fsp3) is 0.273. The first-order valence-corrected chi connectivity index (χ1v) is 10.4. The van der Waals surface area contributed by atoms with Crippen molar-refractivity contribution in [2.45, 2.75) is 13.1 Å². The molecule has 0 unspecified atom stereocenters. The van der Waals surface area contributed by atoms with Gasteiger partial charge in [0.05, 0.1) is 21.8 Å². The monoisotopic (exact) mass is 476 g/mol. The molecule has 1 saturated heterocycles. The van der Waals surface area contributed by atoms with Gasteiger partial charge in [-0.15, -0.1) is 0 Å². The Bertz CT molecular complexity index is 1260. The highest BCUT2D eigenvalue weighted by Crippen LogP contribution is 2.40. The predicted molar refractivity (Wildman–Crippen MR) is 121 cm³/mol. The number of aromatic nitrogens is 3. The topological polar surface area (TPSA) is 88.2 Å². The molecule has 33 heavy (non-hydrogen) atoms. The largest absolute Gasteiger partial charge is 0.416 e. The summed E-state index contributed by atoms with van der Waals surface area (Å²) in [4.78, 5) is 28.4. The zero-order valence-corrected chi connectivity index (χ0v) is 18.4. The van der Waals surface area contributed by atoms with Crippen LogP contribution in [0, 0.1) is 6.92 Å². The van der Waals surface area contributed by atoms with E-state index in [1.54, 1.807) is 17.0 Å². The maximum Gasteiger partial charge on any atom is 0.416 e. The number of benzene rings is 1. The third-order valence-electron chi connectivity index (χ3n) is 5.62. The van der Waals surface area contributed by atoms with Gasteiger partial charge in [-0.05, 0) is 36.8 Å². The van der Waals surface area contributed by atoms with Crippen LogP contribution < -0.4 is 10.6 Å². The number of piperazine rings is 1. The van der Waals surface area contributed by atoms with Crippen LogP contribution >= 0.6 is 11.6 Å². The van der Waals surface area contributed by atoms with Gasteiger partial charge < -0.3 is 15.5 Å². The van der Waals surface area contributed by atoms with E-state index in [-0.39, 0.29) is 28.0 Å². The highest BCUT2D eigenvalue weighted by Gasteiger charge is 2.34. The maximum atomic E-state index is 13.5. The molecular formula is C22H20ClF3N6O. The molecule has 1 aliphatic heterocycles. The van der Waals surface area contributed by atoms with Crippen molar-refractivity contribution in [1.82, 2.24) is 19.9 Å². The number of fused-ring (bicyclic) bond motifs is 1. The molecule has 0 aliphatic carbocycles. The van der Waals surface area contributed by atoms with Gasteiger partial charge in [0, 0.05) is 37.1 Å². The highest BCUT2D eigenvalue weighted by molar-refractivity contribution is 6.34. The minimum Gasteiger partial charge on any atom is -0.384 e. The van der Waals surface area contributed by atoms with E-state index in [1.165, 1.54) is 19.3 Å². The Kier molecular flexibility index (Phi) is 5.87. The number of anilines is 2. The van der Waals surface area contributed by atoms with Gasteiger partial charge in [-0.2, -0.15) is 13.2 Å². The number of halogens is 4. The van der Waals surface area contributed by atoms with E-state index in [4.69, 9.17) is 17.3 Å². The molecule has 1 aliphatic rings. The summed E-state index contributed by atoms with van der Waals surface area (Å²) in [5.41, 5.74) is 5.58. The van der Waals surface area contributed by atoms with Crippen LogP contribution in [0.4, 0.5) is 24.8 Å². The minimum atomic E-state index is -4.58. The molecule has 172 valence electrons. The summed E-state index contributed by atoms with van der Waals surface area (Å²) in [5, 5.41) is 0.848. The molecule has 4 rings (SSSR count). The number of nitrogen functional groups attached to an aromatic ring is 1. The zero-order chi connectivity index (χ0) is 23.9. The summed E-state index contributed by atoms with van der Waals surface area (Å²) in [6, 6.07) is 4.03. The summed E-state index contributed by atoms with van der Waals surface area (Å²) in [7, 11) is 0. The van der Waals surface area contributed by atoms with Gasteiger partial charge in [-0.3, -0.25) is 4.79 Å². The quantitative estimate of drug-likeness (QED) is 0.573. The number of hydrogen-bond donors (Lipinski definition) is 1. The Morgan fingerprint density at radius 2 is 1.88 bits per heavy atom. The maximum absolute atomic E-state index is 13.5. The van der Waals surface area contributed by atoms with Gasteiger partial charge in [-0.1, -0.05) is 18.2 Å². The van der Waals surface area contributed by atoms with Crippen LogP contribution in [0.3, 0.4) is 0 Å². The summed E-state index contributed by atoms with van der Waals surface area (Å²) in [5.74, 6) is 0.250. The molecule has 1 aromatic carbocycles. The fourth-order valence-electron chi connectivity index (χ4n) is 3.95. The van der Waals surface area contributed by atoms with Crippen LogP contribution in [0.1, 0.15) is 11.1 Å². The lowest BCUT2D eigenvalue weighted by atomic mass is 10.00. The normalized spacial score (nSPS) is 14.6. The lowest BCUT2D eigenvalue weighted by Crippen LogP contribution is -2.48. The van der Waals surface area contributed by atoms with Crippen LogP contribution in [0.2, 0.25) is 5.02 Å². The van der Waals surface area contributed by atoms with E-state index in [9.17, 15) is 18.0 Å². The molecule has 1 amide bonds. The summed E-state index contributed by atoms with van der Waals surface area (Å²) < 4.78 is 40.4. The molecule has 2 aromatic heterocycles. The van der Waals surface area contributed by atoms with Crippen molar-refractivity contribution in [2.75, 3.05) is 36.8 Å². The number of carbonyl (C=O) groups is 1. The van der Waals surface area contributed by atoms with Crippen LogP contribution in [0.15, 0.2) is 37.2 Å². The lowest BCUT2D eigenvalue weighted by Gasteiger charge is -2.35. The van der Waals surface area contributed by atoms with Gasteiger partial charge in [0.25, 0.3) is 0 Å². The number of nitrogens with zero attached hydrogens (tertiary/aromatic N) is 5. The summed E-state index contributed by atoms with van der Waals surface area (Å²) in [6.07, 6.45) is -1.91. The average molecular weight is 477 g/mol. The van der Waals surface area contributed by atoms with Crippen molar-refractivity contribution in [3.63, 3.8) is 0 Å². The first-order chi connectivity index (χ1) is 15.6. The molecule has 0 spiro atoms. The Hall–Kier alpha value is -3.40. The summed E-state index contributed by atoms with van der Waals surface area (Å²) in [6.45, 7) is 6.97. The van der Waals surface area contributed by atoms with Crippen LogP contribution in [0.5, 0.6) is 0 Å². The molecule has 0 radical (unpaired) electrons. The first kappa shape index (κ1) is 22.8. The number of amides is 1. The van der Waals surface area contributed by atoms with E-state index < -0.39 is 11.7 Å². The molecule has 11 heteroatoms. The van der Waals surface area contributed by atoms with Crippen molar-refractivity contribution in [3.8, 4) is 11.3 Å². The van der Waals surface area contributed by atoms with Crippen molar-refractivity contribution < 1.29 is 18.0 Å². The molecule has 3 heterocycles. The van der Waals surface area contributed by atoms with Crippen molar-refractivity contribution >= 4 is 40.0 Å². The number of rotatable bonds is 3. The average Bonchev–Trinajstić information content (AvgIpc) is 2.78. The number of alkyl halides is 3. The van der Waals surface area contributed by atoms with Gasteiger partial charge in [0.1, 0.15) is 18.0 Å². The summed E-state index contributed by atoms with van der Waals surface area (Å²) >= 11 is 6.52. The van der Waals surface area contributed by atoms with Gasteiger partial charge >= 0.3 is 6.18 Å². The molecule has 1 fully saturated rings. The second-order valence-corrected chi connectivity index (χ2v) is 8.04. The molecule has 0 atom stereocenters. The van der Waals surface area contributed by atoms with Crippen molar-refractivity contribution in [1.29, 1.82) is 0 Å². The Morgan fingerprint density at radius 3 is 2.52 bits per heavy atom. The Morgan fingerprint density at radius 1 is 1.18 bits per heavy atom. The number of hydrogen-bond acceptors (Lipinski definition) is 6. The molecule has 2 N–H and O–H groups in total. The highest BCUT2D eigenvalue weighted by atomic mass is 35.5. The second kappa shape index (κ2) is 8.51. The third-order valence-corrected chi connectivity index (χ3v) is 5.93. The van der Waals surface area contributed by atoms with E-state index in [0.717, 1.165) is 6.07 Å². The van der Waals surface area contributed by atoms with Gasteiger partial charge in [0.2, 0.25) is 5.91 Å². The van der Waals surface area contributed by atoms with Crippen LogP contribution in [-0.4, -0.2) is 51.9 Å². The van der Waals surface area contributed by atoms with Gasteiger partial charge in [-0.25, -0.2) is 15.0 Å². The van der Waals surface area contributed by atoms with E-state index in [2.05, 4.69) is 21.5 Å². The standard InChI is InChI=1S/C22H20ClF3N6O/c1-3-19(33)31-4-6-32(7-5-31)21-14-8-16(23)13(9-17(14)28-11-29-21)20-12(2)15(22(24,25)26)10-18(27)30-20/h3,8-11H,1,4-7H2,2H3,(H2,27,30). The van der Waals surface area contributed by atoms with Gasteiger partial charge in [0.15, 0.2) is 0 Å². The van der Waals surface area contributed by atoms with Crippen molar-refractivity contribution in [3.05, 3.63) is 53.3 Å². The van der Waals surface area contributed by atoms with E-state index in [1.807, 2.05) is 4.90 Å². The molecule has 7 nitrogen and oxygen atoms in total. The molecule has 0 bridgehead atoms. The van der Waals surface area contributed by atoms with E-state index >= 15 is 0 Å². The second-order valence-electron chi connectivity index (χ2n) is 7.63. The number of carbonyl (C=O) groups excluding carboxylic acids is 1. The third kappa shape index (κ3) is 4.30. The number of pyridine rings is 1. The zero-order valence-electron chi connectivity index (χ0n) is 17.7. The SMILES string of the molecule is C=CC(=O)N1CCN(c2ncnc3cc(-c4nc(N)cc(C(F)(F)F)c4C)c(Cl)cc23)CC1. The van der Waals surface area contributed by atoms with E-state index in [0.29, 0.717) is 48.5 Å². The van der Waals surface area contributed by atoms with Crippen LogP contribution in [-0.2, 0) is 11.0 Å². The van der Waals surface area contributed by atoms with Crippen molar-refractivity contribution in [2.24, 2.45) is 0 Å².